The van der Waals surface area contributed by atoms with E-state index in [1.807, 2.05) is 37.3 Å². The van der Waals surface area contributed by atoms with Crippen molar-refractivity contribution >= 4 is 23.5 Å². The van der Waals surface area contributed by atoms with Gasteiger partial charge in [-0.05, 0) is 42.5 Å². The third kappa shape index (κ3) is 7.65. The smallest absolute Gasteiger partial charge is 0.170 e. The molecule has 0 saturated carbocycles. The van der Waals surface area contributed by atoms with Crippen LogP contribution in [0.5, 0.6) is 11.5 Å². The van der Waals surface area contributed by atoms with Crippen molar-refractivity contribution in [1.29, 1.82) is 0 Å². The number of anilines is 1. The Kier molecular flexibility index (Phi) is 11.6. The minimum atomic E-state index is -1.65. The van der Waals surface area contributed by atoms with Crippen LogP contribution in [0.25, 0.3) is 6.08 Å². The predicted molar refractivity (Wildman–Crippen MR) is 174 cm³/mol. The molecule has 4 rings (SSSR count). The number of aromatic hydroxyl groups is 1. The van der Waals surface area contributed by atoms with E-state index in [2.05, 4.69) is 11.9 Å². The maximum absolute atomic E-state index is 12.9. The maximum Gasteiger partial charge on any atom is 0.170 e. The fourth-order valence-electron chi connectivity index (χ4n) is 6.35. The van der Waals surface area contributed by atoms with Gasteiger partial charge in [-0.3, -0.25) is 9.59 Å². The number of ketones is 2. The quantitative estimate of drug-likeness (QED) is 0.120. The van der Waals surface area contributed by atoms with Crippen molar-refractivity contribution in [2.75, 3.05) is 19.5 Å². The number of Topliss-reactive ketones (excluding diaryl/α,β-unsaturated/α-hetero) is 2. The van der Waals surface area contributed by atoms with E-state index in [0.717, 1.165) is 49.1 Å². The average Bonchev–Trinajstić information content (AvgIpc) is 3.50. The molecule has 3 atom stereocenters. The first-order chi connectivity index (χ1) is 21.7. The third-order valence-corrected chi connectivity index (χ3v) is 8.94. The monoisotopic (exact) mass is 616 g/mol. The van der Waals surface area contributed by atoms with Gasteiger partial charge in [-0.25, -0.2) is 4.98 Å². The molecule has 0 spiro atoms. The Morgan fingerprint density at radius 3 is 2.47 bits per heavy atom. The molecule has 0 aliphatic heterocycles. The highest BCUT2D eigenvalue weighted by molar-refractivity contribution is 6.05. The maximum atomic E-state index is 12.9. The van der Waals surface area contributed by atoms with Gasteiger partial charge in [0.15, 0.2) is 29.2 Å². The van der Waals surface area contributed by atoms with Gasteiger partial charge in [-0.1, -0.05) is 76.3 Å². The van der Waals surface area contributed by atoms with Crippen molar-refractivity contribution in [2.45, 2.75) is 90.1 Å². The number of aromatic nitrogens is 2. The Labute approximate surface area is 265 Å². The topological polar surface area (TPSA) is 157 Å². The van der Waals surface area contributed by atoms with Crippen LogP contribution < -0.4 is 15.5 Å². The zero-order valence-corrected chi connectivity index (χ0v) is 26.6. The average molecular weight is 617 g/mol. The second kappa shape index (κ2) is 15.4. The highest BCUT2D eigenvalue weighted by Gasteiger charge is 2.43. The van der Waals surface area contributed by atoms with Gasteiger partial charge in [0.1, 0.15) is 5.82 Å². The zero-order valence-electron chi connectivity index (χ0n) is 26.6. The number of ether oxygens (including phenoxy) is 1. The number of pyridine rings is 1. The Morgan fingerprint density at radius 2 is 1.78 bits per heavy atom. The largest absolute Gasteiger partial charge is 0.665 e. The summed E-state index contributed by atoms with van der Waals surface area (Å²) in [5.41, 5.74) is 9.81. The lowest BCUT2D eigenvalue weighted by Crippen LogP contribution is -2.37. The molecule has 45 heavy (non-hydrogen) atoms. The minimum absolute atomic E-state index is 0.0590. The lowest BCUT2D eigenvalue weighted by atomic mass is 9.63. The lowest BCUT2D eigenvalue weighted by molar-refractivity contribution is -0.138. The van der Waals surface area contributed by atoms with Crippen molar-refractivity contribution in [3.63, 3.8) is 0 Å². The Morgan fingerprint density at radius 1 is 1.04 bits per heavy atom. The molecular formula is C36H46N3O6-. The van der Waals surface area contributed by atoms with Gasteiger partial charge in [0.2, 0.25) is 0 Å². The number of hydrogen-bond acceptors (Lipinski definition) is 8. The number of phenolic OH excluding ortho intramolecular Hbond substituents is 1. The number of aliphatic hydroxyl groups is 2. The summed E-state index contributed by atoms with van der Waals surface area (Å²) >= 11 is 0. The number of nitrogens with two attached hydrogens (primary N) is 1. The first kappa shape index (κ1) is 33.9. The summed E-state index contributed by atoms with van der Waals surface area (Å²) in [4.78, 5) is 34.3. The molecule has 5 N–H and O–H groups in total. The van der Waals surface area contributed by atoms with Gasteiger partial charge in [0.05, 0.1) is 13.7 Å². The molecule has 1 aliphatic rings. The molecule has 0 amide bonds. The Balaban J connectivity index is 1.66. The molecular weight excluding hydrogens is 570 g/mol. The summed E-state index contributed by atoms with van der Waals surface area (Å²) in [6.45, 7) is 3.90. The van der Waals surface area contributed by atoms with Crippen LogP contribution in [-0.2, 0) is 28.9 Å². The van der Waals surface area contributed by atoms with Crippen molar-refractivity contribution < 1.29 is 29.6 Å². The fraction of sp³-hybridized carbons (Fsp3) is 0.472. The van der Waals surface area contributed by atoms with E-state index in [-0.39, 0.29) is 37.4 Å². The lowest BCUT2D eigenvalue weighted by Gasteiger charge is -2.42. The Hall–Kier alpha value is -3.95. The molecule has 3 unspecified atom stereocenters. The molecule has 9 nitrogen and oxygen atoms in total. The number of aliphatic hydroxyl groups excluding tert-OH is 2. The molecule has 0 radical (unpaired) electrons. The first-order valence-corrected chi connectivity index (χ1v) is 16.0. The van der Waals surface area contributed by atoms with Crippen LogP contribution >= 0.6 is 0 Å². The van der Waals surface area contributed by atoms with Crippen LogP contribution in [0.1, 0.15) is 98.4 Å². The summed E-state index contributed by atoms with van der Waals surface area (Å²) in [7, 11) is 1.45. The van der Waals surface area contributed by atoms with E-state index >= 15 is 0 Å². The van der Waals surface area contributed by atoms with Gasteiger partial charge >= 0.3 is 0 Å². The predicted octanol–water partition coefficient (Wildman–Crippen LogP) is 5.07. The van der Waals surface area contributed by atoms with Crippen molar-refractivity contribution in [1.82, 2.24) is 9.97 Å². The molecule has 3 aromatic rings. The van der Waals surface area contributed by atoms with Gasteiger partial charge in [0, 0.05) is 41.5 Å². The molecule has 2 heterocycles. The van der Waals surface area contributed by atoms with E-state index in [4.69, 9.17) is 15.5 Å². The second-order valence-electron chi connectivity index (χ2n) is 12.1. The van der Waals surface area contributed by atoms with Crippen LogP contribution in [0.2, 0.25) is 0 Å². The molecule has 0 fully saturated rings. The number of carbonyl (C=O) groups is 2. The highest BCUT2D eigenvalue weighted by Crippen LogP contribution is 2.53. The highest BCUT2D eigenvalue weighted by atomic mass is 16.5. The van der Waals surface area contributed by atoms with Crippen LogP contribution in [0, 0.1) is 5.41 Å². The standard InChI is InChI=1S/C36H46N3O6/c1-4-6-7-8-9-10-29(41)34(44)30(42)14-11-23-19-28(33(43)31(20-23)45-3)32-26-16-18-38-35(37)27(26)15-17-36(32,22-40)21-25-13-12-24(5-2)39-25/h12-13,15-20,32,34,40,43-44H,4-11,14,21-22H2,1-3H3,(H2,37,38)/q-1. The zero-order chi connectivity index (χ0) is 32.6. The number of carbonyl (C=O) groups excluding carboxylic acids is 2. The molecule has 9 heteroatoms. The van der Waals surface area contributed by atoms with E-state index in [9.17, 15) is 24.9 Å². The van der Waals surface area contributed by atoms with Gasteiger partial charge in [-0.15, -0.1) is 0 Å². The number of rotatable bonds is 17. The molecule has 242 valence electrons. The number of unbranched alkanes of at least 4 members (excludes halogenated alkanes) is 4. The summed E-state index contributed by atoms with van der Waals surface area (Å²) < 4.78 is 5.56. The van der Waals surface area contributed by atoms with Gasteiger partial charge in [0.25, 0.3) is 0 Å². The molecule has 1 aromatic carbocycles. The summed E-state index contributed by atoms with van der Waals surface area (Å²) in [5, 5.41) is 33.0. The van der Waals surface area contributed by atoms with Crippen LogP contribution in [0.4, 0.5) is 5.82 Å². The number of fused-ring (bicyclic) bond motifs is 1. The van der Waals surface area contributed by atoms with Crippen molar-refractivity contribution in [3.8, 4) is 11.5 Å². The molecule has 0 saturated heterocycles. The number of aryl methyl sites for hydroxylation is 2. The molecule has 0 bridgehead atoms. The number of phenols is 1. The van der Waals surface area contributed by atoms with Gasteiger partial charge in [-0.2, -0.15) is 11.4 Å². The normalized spacial score (nSPS) is 18.0. The fourth-order valence-corrected chi connectivity index (χ4v) is 6.35. The number of nitrogens with zero attached hydrogens (tertiary/aromatic N) is 2. The molecule has 2 aromatic heterocycles. The van der Waals surface area contributed by atoms with E-state index in [1.54, 1.807) is 18.3 Å². The first-order valence-electron chi connectivity index (χ1n) is 16.0. The number of hydrogen-bond donors (Lipinski definition) is 4. The minimum Gasteiger partial charge on any atom is -0.665 e. The van der Waals surface area contributed by atoms with Crippen molar-refractivity contribution in [2.24, 2.45) is 5.41 Å². The summed E-state index contributed by atoms with van der Waals surface area (Å²) in [5.74, 6) is -1.10. The SMILES string of the molecule is CCCCCCCC(=O)C(O)C(=O)CCc1cc(OC)c(O)c(C2c3ccnc(N)c3C=CC2(CO)Cc2ccc(CC)[n-]2)c1. The second-order valence-corrected chi connectivity index (χ2v) is 12.1. The Bertz CT molecular complexity index is 1510. The van der Waals surface area contributed by atoms with Crippen LogP contribution in [0.3, 0.4) is 0 Å². The summed E-state index contributed by atoms with van der Waals surface area (Å²) in [6.07, 6.45) is 10.1. The number of benzene rings is 1. The van der Waals surface area contributed by atoms with Crippen molar-refractivity contribution in [3.05, 3.63) is 76.2 Å². The van der Waals surface area contributed by atoms with E-state index in [1.165, 1.54) is 7.11 Å². The van der Waals surface area contributed by atoms with Gasteiger partial charge < -0.3 is 30.8 Å². The van der Waals surface area contributed by atoms with E-state index < -0.39 is 29.0 Å². The third-order valence-electron chi connectivity index (χ3n) is 8.94. The summed E-state index contributed by atoms with van der Waals surface area (Å²) in [6, 6.07) is 9.23. The number of nitrogen functional groups attached to an aromatic ring is 1. The van der Waals surface area contributed by atoms with E-state index in [0.29, 0.717) is 35.3 Å². The van der Waals surface area contributed by atoms with Crippen LogP contribution in [-0.4, -0.2) is 51.7 Å². The molecule has 1 aliphatic carbocycles. The number of methoxy groups -OCH3 is 1. The van der Waals surface area contributed by atoms with Crippen LogP contribution in [0.15, 0.2) is 42.6 Å².